The van der Waals surface area contributed by atoms with Crippen molar-refractivity contribution in [2.45, 2.75) is 45.4 Å². The number of likely N-dealkylation sites (tertiary alicyclic amines) is 1. The maximum Gasteiger partial charge on any atom is 0.255 e. The minimum atomic E-state index is -0.120. The number of piperidine rings is 2. The van der Waals surface area contributed by atoms with Crippen LogP contribution in [0.15, 0.2) is 42.5 Å². The Kier molecular flexibility index (Phi) is 7.52. The minimum absolute atomic E-state index is 0.120. The number of anilines is 2. The topological polar surface area (TPSA) is 35.6 Å². The van der Waals surface area contributed by atoms with Crippen molar-refractivity contribution < 1.29 is 4.79 Å². The Balaban J connectivity index is 1.37. The Morgan fingerprint density at radius 1 is 1.03 bits per heavy atom. The molecule has 2 aliphatic rings. The number of hydrogen-bond donors (Lipinski definition) is 1. The molecule has 166 valence electrons. The fourth-order valence-corrected chi connectivity index (χ4v) is 5.05. The maximum absolute atomic E-state index is 12.8. The number of benzene rings is 2. The van der Waals surface area contributed by atoms with Crippen LogP contribution in [-0.4, -0.2) is 43.5 Å². The largest absolute Gasteiger partial charge is 0.370 e. The van der Waals surface area contributed by atoms with Gasteiger partial charge in [0.05, 0.1) is 11.4 Å². The predicted molar refractivity (Wildman–Crippen MR) is 130 cm³/mol. The molecule has 0 aromatic heterocycles. The molecule has 0 unspecified atom stereocenters. The first kappa shape index (κ1) is 22.2. The van der Waals surface area contributed by atoms with Crippen molar-refractivity contribution in [3.05, 3.63) is 58.6 Å². The van der Waals surface area contributed by atoms with Crippen LogP contribution >= 0.6 is 11.6 Å². The Morgan fingerprint density at radius 2 is 1.81 bits per heavy atom. The molecular formula is C26H34ClN3O. The van der Waals surface area contributed by atoms with E-state index in [2.05, 4.69) is 40.2 Å². The van der Waals surface area contributed by atoms with Crippen LogP contribution < -0.4 is 10.2 Å². The number of carbonyl (C=O) groups excluding carboxylic acids is 1. The van der Waals surface area contributed by atoms with Gasteiger partial charge in [0.15, 0.2) is 0 Å². The van der Waals surface area contributed by atoms with Crippen LogP contribution in [0.4, 0.5) is 11.4 Å². The molecule has 0 aliphatic carbocycles. The second kappa shape index (κ2) is 10.5. The highest BCUT2D eigenvalue weighted by Crippen LogP contribution is 2.32. The quantitative estimate of drug-likeness (QED) is 0.600. The van der Waals surface area contributed by atoms with Gasteiger partial charge in [-0.2, -0.15) is 0 Å². The summed E-state index contributed by atoms with van der Waals surface area (Å²) < 4.78 is 0. The number of halogens is 1. The van der Waals surface area contributed by atoms with Gasteiger partial charge in [0.2, 0.25) is 0 Å². The van der Waals surface area contributed by atoms with E-state index < -0.39 is 0 Å². The summed E-state index contributed by atoms with van der Waals surface area (Å²) in [7, 11) is 0. The van der Waals surface area contributed by atoms with E-state index in [-0.39, 0.29) is 5.91 Å². The highest BCUT2D eigenvalue weighted by Gasteiger charge is 2.23. The van der Waals surface area contributed by atoms with Gasteiger partial charge in [-0.3, -0.25) is 4.79 Å². The number of aryl methyl sites for hydroxylation is 1. The van der Waals surface area contributed by atoms with Crippen LogP contribution in [0.25, 0.3) is 0 Å². The molecule has 1 amide bonds. The predicted octanol–water partition coefficient (Wildman–Crippen LogP) is 5.99. The van der Waals surface area contributed by atoms with Gasteiger partial charge in [0.1, 0.15) is 0 Å². The van der Waals surface area contributed by atoms with Crippen LogP contribution in [-0.2, 0) is 0 Å². The molecule has 1 N–H and O–H groups in total. The third kappa shape index (κ3) is 6.02. The molecule has 0 radical (unpaired) electrons. The average molecular weight is 440 g/mol. The molecule has 0 spiro atoms. The van der Waals surface area contributed by atoms with Crippen molar-refractivity contribution in [1.82, 2.24) is 4.90 Å². The number of rotatable bonds is 6. The van der Waals surface area contributed by atoms with Crippen molar-refractivity contribution in [3.8, 4) is 0 Å². The monoisotopic (exact) mass is 439 g/mol. The number of hydrogen-bond acceptors (Lipinski definition) is 3. The second-order valence-electron chi connectivity index (χ2n) is 9.11. The SMILES string of the molecule is Cc1ccc(N2CCC(CCN3CCCCC3)CC2)c(NC(=O)c2cccc(Cl)c2)c1. The molecule has 2 aromatic rings. The van der Waals surface area contributed by atoms with Crippen molar-refractivity contribution in [3.63, 3.8) is 0 Å². The molecule has 0 saturated carbocycles. The van der Waals surface area contributed by atoms with Gasteiger partial charge in [-0.1, -0.05) is 30.2 Å². The molecule has 31 heavy (non-hydrogen) atoms. The molecule has 5 heteroatoms. The molecule has 2 aromatic carbocycles. The summed E-state index contributed by atoms with van der Waals surface area (Å²) in [6, 6.07) is 13.4. The molecule has 2 heterocycles. The molecule has 2 fully saturated rings. The van der Waals surface area contributed by atoms with Gasteiger partial charge in [-0.15, -0.1) is 0 Å². The smallest absolute Gasteiger partial charge is 0.255 e. The van der Waals surface area contributed by atoms with Crippen LogP contribution in [0.3, 0.4) is 0 Å². The van der Waals surface area contributed by atoms with Crippen LogP contribution in [0.1, 0.15) is 54.4 Å². The normalized spacial score (nSPS) is 18.2. The Labute approximate surface area is 191 Å². The van der Waals surface area contributed by atoms with Gasteiger partial charge in [-0.05, 0) is 100 Å². The van der Waals surface area contributed by atoms with Crippen LogP contribution in [0.2, 0.25) is 5.02 Å². The Morgan fingerprint density at radius 3 is 2.55 bits per heavy atom. The van der Waals surface area contributed by atoms with Gasteiger partial charge >= 0.3 is 0 Å². The fraction of sp³-hybridized carbons (Fsp3) is 0.500. The van der Waals surface area contributed by atoms with E-state index in [1.807, 2.05) is 6.07 Å². The highest BCUT2D eigenvalue weighted by atomic mass is 35.5. The molecule has 0 atom stereocenters. The van der Waals surface area contributed by atoms with E-state index in [9.17, 15) is 4.79 Å². The summed E-state index contributed by atoms with van der Waals surface area (Å²) in [5, 5.41) is 3.70. The Hall–Kier alpha value is -2.04. The summed E-state index contributed by atoms with van der Waals surface area (Å²) in [6.45, 7) is 8.00. The lowest BCUT2D eigenvalue weighted by Gasteiger charge is -2.36. The van der Waals surface area contributed by atoms with E-state index in [0.29, 0.717) is 10.6 Å². The zero-order chi connectivity index (χ0) is 21.6. The van der Waals surface area contributed by atoms with E-state index in [1.165, 1.54) is 58.2 Å². The van der Waals surface area contributed by atoms with Gasteiger partial charge in [0.25, 0.3) is 5.91 Å². The molecule has 0 bridgehead atoms. The number of amides is 1. The number of carbonyl (C=O) groups is 1. The zero-order valence-corrected chi connectivity index (χ0v) is 19.3. The molecule has 2 aliphatic heterocycles. The first-order valence-corrected chi connectivity index (χ1v) is 12.1. The summed E-state index contributed by atoms with van der Waals surface area (Å²) in [4.78, 5) is 17.9. The van der Waals surface area contributed by atoms with Crippen LogP contribution in [0.5, 0.6) is 0 Å². The summed E-state index contributed by atoms with van der Waals surface area (Å²) in [6.07, 6.45) is 7.92. The second-order valence-corrected chi connectivity index (χ2v) is 9.54. The number of nitrogens with one attached hydrogen (secondary N) is 1. The third-order valence-corrected chi connectivity index (χ3v) is 6.98. The number of nitrogens with zero attached hydrogens (tertiary/aromatic N) is 2. The van der Waals surface area contributed by atoms with E-state index >= 15 is 0 Å². The zero-order valence-electron chi connectivity index (χ0n) is 18.6. The Bertz CT molecular complexity index is 886. The van der Waals surface area contributed by atoms with Crippen LogP contribution in [0, 0.1) is 12.8 Å². The molecular weight excluding hydrogens is 406 g/mol. The van der Waals surface area contributed by atoms with Gasteiger partial charge in [-0.25, -0.2) is 0 Å². The summed E-state index contributed by atoms with van der Waals surface area (Å²) in [5.41, 5.74) is 3.73. The lowest BCUT2D eigenvalue weighted by molar-refractivity contribution is 0.102. The first-order valence-electron chi connectivity index (χ1n) is 11.7. The van der Waals surface area contributed by atoms with E-state index in [0.717, 1.165) is 35.9 Å². The highest BCUT2D eigenvalue weighted by molar-refractivity contribution is 6.31. The van der Waals surface area contributed by atoms with Crippen molar-refractivity contribution in [2.75, 3.05) is 42.9 Å². The standard InChI is InChI=1S/C26H34ClN3O/c1-20-8-9-25(24(18-20)28-26(31)22-6-5-7-23(27)19-22)30-16-11-21(12-17-30)10-15-29-13-3-2-4-14-29/h5-9,18-19,21H,2-4,10-17H2,1H3,(H,28,31). The summed E-state index contributed by atoms with van der Waals surface area (Å²) >= 11 is 6.07. The van der Waals surface area contributed by atoms with Crippen molar-refractivity contribution >= 4 is 28.9 Å². The maximum atomic E-state index is 12.8. The van der Waals surface area contributed by atoms with Crippen molar-refractivity contribution in [1.29, 1.82) is 0 Å². The average Bonchev–Trinajstić information content (AvgIpc) is 2.79. The van der Waals surface area contributed by atoms with Gasteiger partial charge in [0, 0.05) is 23.7 Å². The molecule has 4 rings (SSSR count). The van der Waals surface area contributed by atoms with Gasteiger partial charge < -0.3 is 15.1 Å². The third-order valence-electron chi connectivity index (χ3n) is 6.74. The molecule has 2 saturated heterocycles. The minimum Gasteiger partial charge on any atom is -0.370 e. The van der Waals surface area contributed by atoms with E-state index in [4.69, 9.17) is 11.6 Å². The first-order chi connectivity index (χ1) is 15.1. The summed E-state index contributed by atoms with van der Waals surface area (Å²) in [5.74, 6) is 0.693. The molecule has 4 nitrogen and oxygen atoms in total. The fourth-order valence-electron chi connectivity index (χ4n) is 4.86. The van der Waals surface area contributed by atoms with E-state index in [1.54, 1.807) is 18.2 Å². The lowest BCUT2D eigenvalue weighted by atomic mass is 9.92. The lowest BCUT2D eigenvalue weighted by Crippen LogP contribution is -2.36. The van der Waals surface area contributed by atoms with Crippen molar-refractivity contribution in [2.24, 2.45) is 5.92 Å².